The molecule has 1 aromatic carbocycles. The Kier molecular flexibility index (Phi) is 5.56. The van der Waals surface area contributed by atoms with Crippen LogP contribution < -0.4 is 5.32 Å². The van der Waals surface area contributed by atoms with E-state index in [0.717, 1.165) is 11.8 Å². The third-order valence-corrected chi connectivity index (χ3v) is 3.66. The Morgan fingerprint density at radius 2 is 1.95 bits per heavy atom. The number of carbonyl (C=O) groups excluding carboxylic acids is 1. The maximum absolute atomic E-state index is 13.4. The zero-order chi connectivity index (χ0) is 15.3. The second-order valence-electron chi connectivity index (χ2n) is 5.42. The topological polar surface area (TPSA) is 66.4 Å². The third-order valence-electron chi connectivity index (χ3n) is 2.61. The molecule has 1 amide bonds. The Balaban J connectivity index is 2.60. The number of benzene rings is 1. The fourth-order valence-corrected chi connectivity index (χ4v) is 2.31. The maximum atomic E-state index is 13.4. The monoisotopic (exact) mass is 299 g/mol. The van der Waals surface area contributed by atoms with E-state index < -0.39 is 29.2 Å². The molecule has 1 aromatic rings. The van der Waals surface area contributed by atoms with Crippen molar-refractivity contribution >= 4 is 23.6 Å². The normalized spacial score (nSPS) is 12.8. The van der Waals surface area contributed by atoms with Gasteiger partial charge in [-0.3, -0.25) is 4.79 Å². The van der Waals surface area contributed by atoms with E-state index in [1.54, 1.807) is 39.0 Å². The van der Waals surface area contributed by atoms with Crippen LogP contribution in [0, 0.1) is 11.2 Å². The summed E-state index contributed by atoms with van der Waals surface area (Å²) in [5, 5.41) is 11.6. The lowest BCUT2D eigenvalue weighted by atomic mass is 9.87. The van der Waals surface area contributed by atoms with E-state index in [4.69, 9.17) is 5.11 Å². The van der Waals surface area contributed by atoms with E-state index in [0.29, 0.717) is 4.90 Å². The minimum absolute atomic E-state index is 0.0270. The number of aliphatic carboxylic acids is 1. The highest BCUT2D eigenvalue weighted by molar-refractivity contribution is 8.00. The van der Waals surface area contributed by atoms with Crippen molar-refractivity contribution in [3.05, 3.63) is 30.1 Å². The lowest BCUT2D eigenvalue weighted by Gasteiger charge is -2.27. The first-order valence-corrected chi connectivity index (χ1v) is 7.10. The number of carboxylic acid groups (broad SMARTS) is 1. The molecule has 0 fully saturated rings. The molecule has 20 heavy (non-hydrogen) atoms. The van der Waals surface area contributed by atoms with Gasteiger partial charge in [-0.2, -0.15) is 0 Å². The minimum Gasteiger partial charge on any atom is -0.480 e. The number of carboxylic acids is 1. The Morgan fingerprint density at radius 1 is 1.35 bits per heavy atom. The molecule has 0 bridgehead atoms. The number of hydrogen-bond donors (Lipinski definition) is 2. The molecule has 0 saturated heterocycles. The van der Waals surface area contributed by atoms with Crippen molar-refractivity contribution in [2.24, 2.45) is 5.41 Å². The number of amides is 1. The first-order chi connectivity index (χ1) is 9.21. The van der Waals surface area contributed by atoms with Crippen molar-refractivity contribution in [3.63, 3.8) is 0 Å². The molecule has 0 radical (unpaired) electrons. The van der Waals surface area contributed by atoms with E-state index in [-0.39, 0.29) is 5.75 Å². The quantitative estimate of drug-likeness (QED) is 0.820. The Morgan fingerprint density at radius 3 is 2.45 bits per heavy atom. The summed E-state index contributed by atoms with van der Waals surface area (Å²) in [6.45, 7) is 5.20. The summed E-state index contributed by atoms with van der Waals surface area (Å²) >= 11 is 1.04. The maximum Gasteiger partial charge on any atom is 0.326 e. The van der Waals surface area contributed by atoms with Crippen molar-refractivity contribution in [2.45, 2.75) is 31.7 Å². The summed E-state index contributed by atoms with van der Waals surface area (Å²) in [5.74, 6) is -1.93. The molecule has 0 aliphatic rings. The summed E-state index contributed by atoms with van der Waals surface area (Å²) in [6, 6.07) is 5.16. The van der Waals surface area contributed by atoms with E-state index in [1.807, 2.05) is 0 Å². The molecule has 6 heteroatoms. The summed E-state index contributed by atoms with van der Waals surface area (Å²) in [5.41, 5.74) is -0.593. The highest BCUT2D eigenvalue weighted by Crippen LogP contribution is 2.22. The third kappa shape index (κ3) is 4.85. The van der Waals surface area contributed by atoms with Gasteiger partial charge >= 0.3 is 5.97 Å². The summed E-state index contributed by atoms with van der Waals surface area (Å²) in [4.78, 5) is 23.3. The van der Waals surface area contributed by atoms with Crippen LogP contribution in [0.25, 0.3) is 0 Å². The van der Waals surface area contributed by atoms with E-state index in [2.05, 4.69) is 5.32 Å². The van der Waals surface area contributed by atoms with E-state index in [1.165, 1.54) is 6.07 Å². The molecule has 1 unspecified atom stereocenters. The average Bonchev–Trinajstić information content (AvgIpc) is 2.33. The van der Waals surface area contributed by atoms with Crippen LogP contribution in [0.1, 0.15) is 20.8 Å². The smallest absolute Gasteiger partial charge is 0.326 e. The Hall–Kier alpha value is -1.56. The molecule has 0 heterocycles. The minimum atomic E-state index is -1.08. The van der Waals surface area contributed by atoms with E-state index >= 15 is 0 Å². The average molecular weight is 299 g/mol. The number of rotatable bonds is 5. The van der Waals surface area contributed by atoms with Crippen molar-refractivity contribution in [1.82, 2.24) is 5.32 Å². The van der Waals surface area contributed by atoms with Gasteiger partial charge in [0.1, 0.15) is 11.9 Å². The van der Waals surface area contributed by atoms with Gasteiger partial charge in [0, 0.05) is 4.90 Å². The predicted molar refractivity (Wildman–Crippen MR) is 76.1 cm³/mol. The van der Waals surface area contributed by atoms with Crippen LogP contribution in [-0.2, 0) is 9.59 Å². The highest BCUT2D eigenvalue weighted by Gasteiger charge is 2.32. The van der Waals surface area contributed by atoms with Crippen LogP contribution in [-0.4, -0.2) is 28.8 Å². The first-order valence-electron chi connectivity index (χ1n) is 6.11. The van der Waals surface area contributed by atoms with Crippen molar-refractivity contribution in [3.8, 4) is 0 Å². The second kappa shape index (κ2) is 6.74. The fraction of sp³-hybridized carbons (Fsp3) is 0.429. The molecule has 0 aromatic heterocycles. The summed E-state index contributed by atoms with van der Waals surface area (Å²) in [6.07, 6.45) is 0. The van der Waals surface area contributed by atoms with Crippen molar-refractivity contribution in [2.75, 3.05) is 5.75 Å². The van der Waals surface area contributed by atoms with E-state index in [9.17, 15) is 14.0 Å². The number of halogens is 1. The Bertz CT molecular complexity index is 499. The van der Waals surface area contributed by atoms with Gasteiger partial charge in [-0.15, -0.1) is 11.8 Å². The first kappa shape index (κ1) is 16.5. The molecule has 1 rings (SSSR count). The highest BCUT2D eigenvalue weighted by atomic mass is 32.2. The number of nitrogens with one attached hydrogen (secondary N) is 1. The number of hydrogen-bond acceptors (Lipinski definition) is 3. The molecule has 2 N–H and O–H groups in total. The lowest BCUT2D eigenvalue weighted by Crippen LogP contribution is -2.49. The van der Waals surface area contributed by atoms with Crippen LogP contribution in [0.5, 0.6) is 0 Å². The molecule has 110 valence electrons. The van der Waals surface area contributed by atoms with Gasteiger partial charge in [0.25, 0.3) is 0 Å². The molecule has 0 spiro atoms. The van der Waals surface area contributed by atoms with Crippen LogP contribution in [0.2, 0.25) is 0 Å². The summed E-state index contributed by atoms with van der Waals surface area (Å²) < 4.78 is 13.4. The number of thioether (sulfide) groups is 1. The Labute approximate surface area is 121 Å². The van der Waals surface area contributed by atoms with Gasteiger partial charge < -0.3 is 10.4 Å². The van der Waals surface area contributed by atoms with Crippen LogP contribution in [0.4, 0.5) is 4.39 Å². The van der Waals surface area contributed by atoms with Gasteiger partial charge in [-0.25, -0.2) is 9.18 Å². The van der Waals surface area contributed by atoms with Crippen molar-refractivity contribution in [1.29, 1.82) is 0 Å². The standard InChI is InChI=1S/C14H18FNO3S/c1-14(2,3)12(13(18)19)16-11(17)8-20-10-7-5-4-6-9(10)15/h4-7,12H,8H2,1-3H3,(H,16,17)(H,18,19). The van der Waals surface area contributed by atoms with Crippen LogP contribution >= 0.6 is 11.8 Å². The van der Waals surface area contributed by atoms with Gasteiger partial charge in [-0.1, -0.05) is 32.9 Å². The van der Waals surface area contributed by atoms with Gasteiger partial charge in [0.05, 0.1) is 5.75 Å². The molecule has 4 nitrogen and oxygen atoms in total. The summed E-state index contributed by atoms with van der Waals surface area (Å²) in [7, 11) is 0. The molecule has 0 saturated carbocycles. The predicted octanol–water partition coefficient (Wildman–Crippen LogP) is 2.53. The van der Waals surface area contributed by atoms with Crippen LogP contribution in [0.3, 0.4) is 0 Å². The van der Waals surface area contributed by atoms with Gasteiger partial charge in [-0.05, 0) is 17.5 Å². The molecule has 0 aliphatic carbocycles. The van der Waals surface area contributed by atoms with Gasteiger partial charge in [0.15, 0.2) is 0 Å². The molecule has 0 aliphatic heterocycles. The van der Waals surface area contributed by atoms with Crippen molar-refractivity contribution < 1.29 is 19.1 Å². The zero-order valence-corrected chi connectivity index (χ0v) is 12.5. The molecule has 1 atom stereocenters. The zero-order valence-electron chi connectivity index (χ0n) is 11.6. The SMILES string of the molecule is CC(C)(C)C(NC(=O)CSc1ccccc1F)C(=O)O. The fourth-order valence-electron chi connectivity index (χ4n) is 1.56. The number of carbonyl (C=O) groups is 2. The lowest BCUT2D eigenvalue weighted by molar-refractivity contribution is -0.144. The van der Waals surface area contributed by atoms with Gasteiger partial charge in [0.2, 0.25) is 5.91 Å². The van der Waals surface area contributed by atoms with Crippen LogP contribution in [0.15, 0.2) is 29.2 Å². The second-order valence-corrected chi connectivity index (χ2v) is 6.44. The molecular formula is C14H18FNO3S. The largest absolute Gasteiger partial charge is 0.480 e. The molecular weight excluding hydrogens is 281 g/mol.